The number of para-hydroxylation sites is 2. The van der Waals surface area contributed by atoms with Crippen LogP contribution in [0.2, 0.25) is 0 Å². The molecule has 6 aromatic carbocycles. The number of imidazole rings is 1. The van der Waals surface area contributed by atoms with Gasteiger partial charge in [0.15, 0.2) is 0 Å². The van der Waals surface area contributed by atoms with Crippen molar-refractivity contribution in [3.05, 3.63) is 164 Å². The lowest BCUT2D eigenvalue weighted by Gasteiger charge is -2.13. The number of aryl methyl sites for hydroxylation is 1. The topological polar surface area (TPSA) is 56.5 Å². The van der Waals surface area contributed by atoms with Crippen molar-refractivity contribution in [3.8, 4) is 39.3 Å². The summed E-state index contributed by atoms with van der Waals surface area (Å²) in [5.41, 5.74) is 12.2. The zero-order chi connectivity index (χ0) is 33.9. The molecule has 10 rings (SSSR count). The Kier molecular flexibility index (Phi) is 6.71. The lowest BCUT2D eigenvalue weighted by atomic mass is 9.96. The van der Waals surface area contributed by atoms with Gasteiger partial charge in [-0.1, -0.05) is 116 Å². The Morgan fingerprint density at radius 1 is 0.510 bits per heavy atom. The maximum absolute atomic E-state index is 5.33. The van der Waals surface area contributed by atoms with E-state index in [1.165, 1.54) is 0 Å². The van der Waals surface area contributed by atoms with Gasteiger partial charge < -0.3 is 0 Å². The van der Waals surface area contributed by atoms with Gasteiger partial charge in [0, 0.05) is 51.0 Å². The number of fused-ring (bicyclic) bond motifs is 8. The second-order valence-electron chi connectivity index (χ2n) is 13.0. The van der Waals surface area contributed by atoms with Crippen LogP contribution < -0.4 is 0 Å². The molecule has 4 aromatic heterocycles. The smallest absolute Gasteiger partial charge is 0.114 e. The Morgan fingerprint density at radius 2 is 1.27 bits per heavy atom. The monoisotopic (exact) mass is 653 g/mol. The van der Waals surface area contributed by atoms with Gasteiger partial charge in [-0.15, -0.1) is 0 Å². The first-order valence-corrected chi connectivity index (χ1v) is 17.4. The van der Waals surface area contributed by atoms with Crippen molar-refractivity contribution < 1.29 is 0 Å². The highest BCUT2D eigenvalue weighted by atomic mass is 15.1. The predicted molar refractivity (Wildman–Crippen MR) is 210 cm³/mol. The van der Waals surface area contributed by atoms with Crippen LogP contribution >= 0.6 is 0 Å². The molecule has 10 aromatic rings. The molecule has 0 spiro atoms. The minimum atomic E-state index is 0.815. The SMILES string of the molecule is CCc1nc2c3c(-c4cccc(-c5ccc(-c6ccc7ccc8cccnc8c7n6)cc5)c4)nc4ccccc4c3ccc2n1-c1ccccc1. The molecular weight excluding hydrogens is 623 g/mol. The molecule has 240 valence electrons. The van der Waals surface area contributed by atoms with Gasteiger partial charge in [-0.2, -0.15) is 0 Å². The number of rotatable bonds is 5. The molecule has 5 nitrogen and oxygen atoms in total. The fourth-order valence-electron chi connectivity index (χ4n) is 7.51. The molecule has 0 amide bonds. The van der Waals surface area contributed by atoms with Gasteiger partial charge in [-0.05, 0) is 59.0 Å². The molecule has 4 heterocycles. The van der Waals surface area contributed by atoms with Gasteiger partial charge in [0.25, 0.3) is 0 Å². The maximum atomic E-state index is 5.33. The molecule has 0 saturated heterocycles. The summed E-state index contributed by atoms with van der Waals surface area (Å²) in [6.45, 7) is 2.17. The quantitative estimate of drug-likeness (QED) is 0.173. The van der Waals surface area contributed by atoms with E-state index < -0.39 is 0 Å². The van der Waals surface area contributed by atoms with Crippen molar-refractivity contribution >= 4 is 54.5 Å². The number of benzene rings is 6. The summed E-state index contributed by atoms with van der Waals surface area (Å²) in [5.74, 6) is 1.03. The van der Waals surface area contributed by atoms with Crippen LogP contribution in [0.1, 0.15) is 12.7 Å². The minimum absolute atomic E-state index is 0.815. The molecule has 0 aliphatic rings. The molecular formula is C46H31N5. The highest BCUT2D eigenvalue weighted by Crippen LogP contribution is 2.39. The summed E-state index contributed by atoms with van der Waals surface area (Å²) in [5, 5.41) is 5.54. The molecule has 0 radical (unpaired) electrons. The number of nitrogens with zero attached hydrogens (tertiary/aromatic N) is 5. The van der Waals surface area contributed by atoms with Crippen molar-refractivity contribution in [1.82, 2.24) is 24.5 Å². The van der Waals surface area contributed by atoms with E-state index >= 15 is 0 Å². The Hall–Kier alpha value is -6.72. The fraction of sp³-hybridized carbons (Fsp3) is 0.0435. The first-order chi connectivity index (χ1) is 25.2. The Bertz CT molecular complexity index is 2940. The first kappa shape index (κ1) is 29.2. The molecule has 0 aliphatic heterocycles. The van der Waals surface area contributed by atoms with Gasteiger partial charge in [-0.3, -0.25) is 9.55 Å². The standard InChI is InChI=1S/C46H31N5/c1-2-41-50-46-40(51(41)35-13-4-3-5-14-35)26-24-37-36-15-6-7-16-39(36)49-43(42(37)46)34-11-8-10-33(28-34)29-17-19-30(20-18-29)38-25-23-32-22-21-31-12-9-27-47-44(31)45(32)48-38/h3-28H,2H2,1H3. The van der Waals surface area contributed by atoms with Crippen LogP contribution in [0.25, 0.3) is 93.8 Å². The van der Waals surface area contributed by atoms with Crippen LogP contribution in [-0.4, -0.2) is 24.5 Å². The average Bonchev–Trinajstić information content (AvgIpc) is 3.60. The third-order valence-electron chi connectivity index (χ3n) is 9.97. The van der Waals surface area contributed by atoms with Gasteiger partial charge in [0.2, 0.25) is 0 Å². The fourth-order valence-corrected chi connectivity index (χ4v) is 7.51. The maximum Gasteiger partial charge on any atom is 0.114 e. The van der Waals surface area contributed by atoms with Crippen molar-refractivity contribution in [3.63, 3.8) is 0 Å². The van der Waals surface area contributed by atoms with Crippen LogP contribution in [0.15, 0.2) is 158 Å². The number of hydrogen-bond donors (Lipinski definition) is 0. The molecule has 0 N–H and O–H groups in total. The van der Waals surface area contributed by atoms with Gasteiger partial charge in [0.05, 0.1) is 39.0 Å². The second-order valence-corrected chi connectivity index (χ2v) is 13.0. The van der Waals surface area contributed by atoms with E-state index in [1.54, 1.807) is 0 Å². The molecule has 5 heteroatoms. The zero-order valence-electron chi connectivity index (χ0n) is 28.0. The summed E-state index contributed by atoms with van der Waals surface area (Å²) in [6, 6.07) is 53.3. The summed E-state index contributed by atoms with van der Waals surface area (Å²) < 4.78 is 2.29. The second kappa shape index (κ2) is 11.7. The number of aromatic nitrogens is 5. The highest BCUT2D eigenvalue weighted by molar-refractivity contribution is 6.20. The van der Waals surface area contributed by atoms with E-state index in [-0.39, 0.29) is 0 Å². The van der Waals surface area contributed by atoms with E-state index in [4.69, 9.17) is 15.0 Å². The van der Waals surface area contributed by atoms with E-state index in [2.05, 4.69) is 162 Å². The predicted octanol–water partition coefficient (Wildman–Crippen LogP) is 11.4. The third-order valence-corrected chi connectivity index (χ3v) is 9.97. The molecule has 0 aliphatic carbocycles. The zero-order valence-corrected chi connectivity index (χ0v) is 28.0. The molecule has 0 fully saturated rings. The highest BCUT2D eigenvalue weighted by Gasteiger charge is 2.19. The third kappa shape index (κ3) is 4.77. The van der Waals surface area contributed by atoms with Crippen LogP contribution in [0, 0.1) is 0 Å². The summed E-state index contributed by atoms with van der Waals surface area (Å²) >= 11 is 0. The van der Waals surface area contributed by atoms with Crippen molar-refractivity contribution in [1.29, 1.82) is 0 Å². The average molecular weight is 654 g/mol. The van der Waals surface area contributed by atoms with Crippen molar-refractivity contribution in [2.75, 3.05) is 0 Å². The number of pyridine rings is 3. The molecule has 0 unspecified atom stereocenters. The summed E-state index contributed by atoms with van der Waals surface area (Å²) in [6.07, 6.45) is 2.65. The van der Waals surface area contributed by atoms with E-state index in [0.717, 1.165) is 106 Å². The lowest BCUT2D eigenvalue weighted by Crippen LogP contribution is -1.99. The largest absolute Gasteiger partial charge is 0.296 e. The van der Waals surface area contributed by atoms with Crippen molar-refractivity contribution in [2.24, 2.45) is 0 Å². The lowest BCUT2D eigenvalue weighted by molar-refractivity contribution is 0.908. The first-order valence-electron chi connectivity index (χ1n) is 17.4. The summed E-state index contributed by atoms with van der Waals surface area (Å²) in [4.78, 5) is 20.3. The van der Waals surface area contributed by atoms with Gasteiger partial charge in [0.1, 0.15) is 5.82 Å². The van der Waals surface area contributed by atoms with E-state index in [0.29, 0.717) is 0 Å². The normalized spacial score (nSPS) is 11.7. The number of hydrogen-bond acceptors (Lipinski definition) is 4. The van der Waals surface area contributed by atoms with Crippen LogP contribution in [0.4, 0.5) is 0 Å². The molecule has 0 atom stereocenters. The van der Waals surface area contributed by atoms with E-state index in [9.17, 15) is 0 Å². The van der Waals surface area contributed by atoms with Crippen LogP contribution in [0.3, 0.4) is 0 Å². The summed E-state index contributed by atoms with van der Waals surface area (Å²) in [7, 11) is 0. The Balaban J connectivity index is 1.11. The Labute approximate surface area is 294 Å². The molecule has 0 bridgehead atoms. The van der Waals surface area contributed by atoms with Gasteiger partial charge in [-0.25, -0.2) is 15.0 Å². The Morgan fingerprint density at radius 3 is 2.14 bits per heavy atom. The van der Waals surface area contributed by atoms with Crippen LogP contribution in [0.5, 0.6) is 0 Å². The van der Waals surface area contributed by atoms with E-state index in [1.807, 2.05) is 12.3 Å². The molecule has 0 saturated carbocycles. The van der Waals surface area contributed by atoms with Crippen LogP contribution in [-0.2, 0) is 6.42 Å². The van der Waals surface area contributed by atoms with Gasteiger partial charge >= 0.3 is 0 Å². The van der Waals surface area contributed by atoms with Crippen molar-refractivity contribution in [2.45, 2.75) is 13.3 Å². The minimum Gasteiger partial charge on any atom is -0.296 e. The molecule has 51 heavy (non-hydrogen) atoms.